The highest BCUT2D eigenvalue weighted by molar-refractivity contribution is 9.10. The van der Waals surface area contributed by atoms with Gasteiger partial charge in [0.2, 0.25) is 0 Å². The molecule has 0 aromatic carbocycles. The molecule has 0 aliphatic rings. The predicted molar refractivity (Wildman–Crippen MR) is 77.4 cm³/mol. The Bertz CT molecular complexity index is 372. The van der Waals surface area contributed by atoms with Crippen LogP contribution in [-0.2, 0) is 9.47 Å². The van der Waals surface area contributed by atoms with Gasteiger partial charge in [-0.1, -0.05) is 0 Å². The second-order valence-corrected chi connectivity index (χ2v) is 4.83. The number of hydrogen-bond acceptors (Lipinski definition) is 3. The van der Waals surface area contributed by atoms with Crippen molar-refractivity contribution in [1.82, 2.24) is 9.88 Å². The number of halogens is 1. The van der Waals surface area contributed by atoms with Crippen molar-refractivity contribution in [2.75, 3.05) is 39.5 Å². The highest BCUT2D eigenvalue weighted by atomic mass is 79.9. The van der Waals surface area contributed by atoms with Gasteiger partial charge in [0.05, 0.1) is 13.2 Å². The Labute approximate surface area is 122 Å². The third-order valence-electron chi connectivity index (χ3n) is 2.58. The molecule has 0 saturated heterocycles. The summed E-state index contributed by atoms with van der Waals surface area (Å²) in [5.41, 5.74) is 0.569. The van der Waals surface area contributed by atoms with Gasteiger partial charge in [0.1, 0.15) is 5.69 Å². The Balaban J connectivity index is 2.57. The van der Waals surface area contributed by atoms with Crippen LogP contribution in [0.15, 0.2) is 16.7 Å². The Hall–Kier alpha value is -0.850. The summed E-state index contributed by atoms with van der Waals surface area (Å²) in [4.78, 5) is 17.0. The molecule has 1 amide bonds. The lowest BCUT2D eigenvalue weighted by Gasteiger charge is -2.21. The summed E-state index contributed by atoms with van der Waals surface area (Å²) in [5, 5.41) is 0. The van der Waals surface area contributed by atoms with Gasteiger partial charge in [-0.3, -0.25) is 4.79 Å². The Morgan fingerprint density at radius 2 is 1.84 bits per heavy atom. The third-order valence-corrected chi connectivity index (χ3v) is 3.04. The molecule has 0 unspecified atom stereocenters. The summed E-state index contributed by atoms with van der Waals surface area (Å²) < 4.78 is 11.5. The molecule has 0 aliphatic carbocycles. The summed E-state index contributed by atoms with van der Waals surface area (Å²) in [6, 6.07) is 1.77. The normalized spacial score (nSPS) is 10.7. The lowest BCUT2D eigenvalue weighted by molar-refractivity contribution is 0.0546. The molecule has 19 heavy (non-hydrogen) atoms. The predicted octanol–water partition coefficient (Wildman–Crippen LogP) is 2.29. The highest BCUT2D eigenvalue weighted by Gasteiger charge is 2.16. The third kappa shape index (κ3) is 5.76. The van der Waals surface area contributed by atoms with Crippen molar-refractivity contribution in [1.29, 1.82) is 0 Å². The number of carbonyl (C=O) groups excluding carboxylic acids is 1. The van der Waals surface area contributed by atoms with Crippen molar-refractivity contribution < 1.29 is 14.3 Å². The first kappa shape index (κ1) is 16.2. The number of nitrogens with one attached hydrogen (secondary N) is 1. The summed E-state index contributed by atoms with van der Waals surface area (Å²) in [6.45, 7) is 7.39. The van der Waals surface area contributed by atoms with Crippen LogP contribution in [0, 0.1) is 0 Å². The van der Waals surface area contributed by atoms with E-state index >= 15 is 0 Å². The molecule has 0 bridgehead atoms. The van der Waals surface area contributed by atoms with Gasteiger partial charge in [-0.25, -0.2) is 0 Å². The molecule has 0 radical (unpaired) electrons. The second kappa shape index (κ2) is 9.12. The number of aromatic amines is 1. The lowest BCUT2D eigenvalue weighted by Crippen LogP contribution is -2.37. The molecule has 108 valence electrons. The minimum atomic E-state index is -0.0369. The molecule has 1 N–H and O–H groups in total. The maximum Gasteiger partial charge on any atom is 0.270 e. The van der Waals surface area contributed by atoms with Crippen molar-refractivity contribution in [2.45, 2.75) is 13.8 Å². The molecular formula is C13H21BrN2O3. The molecule has 1 rings (SSSR count). The smallest absolute Gasteiger partial charge is 0.270 e. The van der Waals surface area contributed by atoms with Crippen molar-refractivity contribution in [3.8, 4) is 0 Å². The first-order valence-corrected chi connectivity index (χ1v) is 7.27. The van der Waals surface area contributed by atoms with Crippen molar-refractivity contribution in [3.05, 3.63) is 22.4 Å². The van der Waals surface area contributed by atoms with Gasteiger partial charge in [-0.15, -0.1) is 0 Å². The molecule has 0 saturated carbocycles. The fourth-order valence-corrected chi connectivity index (χ4v) is 1.96. The Kier molecular flexibility index (Phi) is 7.78. The molecule has 0 atom stereocenters. The van der Waals surface area contributed by atoms with Gasteiger partial charge in [-0.05, 0) is 35.8 Å². The molecular weight excluding hydrogens is 312 g/mol. The Morgan fingerprint density at radius 1 is 1.26 bits per heavy atom. The van der Waals surface area contributed by atoms with Gasteiger partial charge in [0, 0.05) is 37.0 Å². The lowest BCUT2D eigenvalue weighted by atomic mass is 10.3. The summed E-state index contributed by atoms with van der Waals surface area (Å²) >= 11 is 3.33. The van der Waals surface area contributed by atoms with Crippen LogP contribution in [0.2, 0.25) is 0 Å². The van der Waals surface area contributed by atoms with E-state index in [2.05, 4.69) is 20.9 Å². The zero-order valence-corrected chi connectivity index (χ0v) is 13.0. The van der Waals surface area contributed by atoms with Crippen molar-refractivity contribution in [3.63, 3.8) is 0 Å². The van der Waals surface area contributed by atoms with Crippen LogP contribution in [0.25, 0.3) is 0 Å². The largest absolute Gasteiger partial charge is 0.380 e. The molecule has 0 aliphatic heterocycles. The minimum Gasteiger partial charge on any atom is -0.380 e. The zero-order valence-electron chi connectivity index (χ0n) is 11.4. The SMILES string of the molecule is CCOCCN(CCOCC)C(=O)c1cc(Br)c[nH]1. The van der Waals surface area contributed by atoms with Crippen LogP contribution >= 0.6 is 15.9 Å². The van der Waals surface area contributed by atoms with Gasteiger partial charge < -0.3 is 19.4 Å². The molecule has 0 spiro atoms. The van der Waals surface area contributed by atoms with E-state index in [1.165, 1.54) is 0 Å². The van der Waals surface area contributed by atoms with E-state index in [1.54, 1.807) is 17.2 Å². The average molecular weight is 333 g/mol. The molecule has 6 heteroatoms. The maximum atomic E-state index is 12.3. The van der Waals surface area contributed by atoms with E-state index in [1.807, 2.05) is 13.8 Å². The summed E-state index contributed by atoms with van der Waals surface area (Å²) in [5.74, 6) is -0.0369. The van der Waals surface area contributed by atoms with Crippen LogP contribution in [-0.4, -0.2) is 55.3 Å². The first-order valence-electron chi connectivity index (χ1n) is 6.47. The summed E-state index contributed by atoms with van der Waals surface area (Å²) in [7, 11) is 0. The standard InChI is InChI=1S/C13H21BrN2O3/c1-3-18-7-5-16(6-8-19-4-2)13(17)12-9-11(14)10-15-12/h9-10,15H,3-8H2,1-2H3. The first-order chi connectivity index (χ1) is 9.19. The van der Waals surface area contributed by atoms with Crippen LogP contribution in [0.4, 0.5) is 0 Å². The molecule has 1 aromatic heterocycles. The molecule has 1 aromatic rings. The number of rotatable bonds is 9. The Morgan fingerprint density at radius 3 is 2.26 bits per heavy atom. The van der Waals surface area contributed by atoms with Crippen molar-refractivity contribution in [2.24, 2.45) is 0 Å². The van der Waals surface area contributed by atoms with E-state index in [0.29, 0.717) is 45.2 Å². The number of amides is 1. The topological polar surface area (TPSA) is 54.6 Å². The van der Waals surface area contributed by atoms with Gasteiger partial charge in [0.25, 0.3) is 5.91 Å². The average Bonchev–Trinajstić information content (AvgIpc) is 2.83. The monoisotopic (exact) mass is 332 g/mol. The summed E-state index contributed by atoms with van der Waals surface area (Å²) in [6.07, 6.45) is 1.75. The number of aromatic nitrogens is 1. The number of carbonyl (C=O) groups is 1. The van der Waals surface area contributed by atoms with Crippen LogP contribution < -0.4 is 0 Å². The maximum absolute atomic E-state index is 12.3. The number of nitrogens with zero attached hydrogens (tertiary/aromatic N) is 1. The molecule has 5 nitrogen and oxygen atoms in total. The fraction of sp³-hybridized carbons (Fsp3) is 0.615. The van der Waals surface area contributed by atoms with Gasteiger partial charge in [0.15, 0.2) is 0 Å². The van der Waals surface area contributed by atoms with E-state index in [4.69, 9.17) is 9.47 Å². The quantitative estimate of drug-likeness (QED) is 0.706. The number of H-pyrrole nitrogens is 1. The fourth-order valence-electron chi connectivity index (χ4n) is 1.61. The number of ether oxygens (including phenoxy) is 2. The van der Waals surface area contributed by atoms with E-state index < -0.39 is 0 Å². The highest BCUT2D eigenvalue weighted by Crippen LogP contribution is 2.12. The van der Waals surface area contributed by atoms with Crippen LogP contribution in [0.3, 0.4) is 0 Å². The zero-order chi connectivity index (χ0) is 14.1. The van der Waals surface area contributed by atoms with E-state index in [0.717, 1.165) is 4.47 Å². The molecule has 1 heterocycles. The second-order valence-electron chi connectivity index (χ2n) is 3.92. The van der Waals surface area contributed by atoms with Crippen LogP contribution in [0.1, 0.15) is 24.3 Å². The van der Waals surface area contributed by atoms with E-state index in [-0.39, 0.29) is 5.91 Å². The van der Waals surface area contributed by atoms with Gasteiger partial charge in [-0.2, -0.15) is 0 Å². The van der Waals surface area contributed by atoms with Gasteiger partial charge >= 0.3 is 0 Å². The van der Waals surface area contributed by atoms with E-state index in [9.17, 15) is 4.79 Å². The minimum absolute atomic E-state index is 0.0369. The van der Waals surface area contributed by atoms with Crippen LogP contribution in [0.5, 0.6) is 0 Å². The van der Waals surface area contributed by atoms with Crippen molar-refractivity contribution >= 4 is 21.8 Å². The molecule has 0 fully saturated rings. The number of hydrogen-bond donors (Lipinski definition) is 1.